The molecule has 1 amide bonds. The van der Waals surface area contributed by atoms with E-state index in [0.717, 1.165) is 11.1 Å². The summed E-state index contributed by atoms with van der Waals surface area (Å²) < 4.78 is 4.90. The van der Waals surface area contributed by atoms with Crippen molar-refractivity contribution in [1.82, 2.24) is 5.32 Å². The second kappa shape index (κ2) is 7.65. The highest BCUT2D eigenvalue weighted by Crippen LogP contribution is 2.19. The van der Waals surface area contributed by atoms with Gasteiger partial charge in [-0.1, -0.05) is 35.4 Å². The van der Waals surface area contributed by atoms with Gasteiger partial charge in [0.2, 0.25) is 0 Å². The molecule has 120 valence electrons. The Kier molecular flexibility index (Phi) is 5.60. The van der Waals surface area contributed by atoms with Gasteiger partial charge in [0.05, 0.1) is 0 Å². The highest BCUT2D eigenvalue weighted by atomic mass is 35.5. The maximum atomic E-state index is 11.9. The van der Waals surface area contributed by atoms with E-state index in [1.54, 1.807) is 37.3 Å². The van der Waals surface area contributed by atoms with Gasteiger partial charge in [-0.25, -0.2) is 4.79 Å². The Morgan fingerprint density at radius 1 is 1.17 bits per heavy atom. The van der Waals surface area contributed by atoms with Crippen LogP contribution in [-0.4, -0.2) is 23.6 Å². The summed E-state index contributed by atoms with van der Waals surface area (Å²) in [5.74, 6) is -1.35. The van der Waals surface area contributed by atoms with Gasteiger partial charge < -0.3 is 15.2 Å². The van der Waals surface area contributed by atoms with Gasteiger partial charge in [0, 0.05) is 11.6 Å². The third kappa shape index (κ3) is 5.00. The van der Waals surface area contributed by atoms with E-state index in [0.29, 0.717) is 11.6 Å². The van der Waals surface area contributed by atoms with Crippen molar-refractivity contribution in [2.75, 3.05) is 6.61 Å². The van der Waals surface area contributed by atoms with Crippen molar-refractivity contribution in [2.45, 2.75) is 13.5 Å². The Balaban J connectivity index is 1.83. The van der Waals surface area contributed by atoms with Gasteiger partial charge in [-0.2, -0.15) is 0 Å². The minimum Gasteiger partial charge on any atom is -0.507 e. The molecule has 0 saturated heterocycles. The summed E-state index contributed by atoms with van der Waals surface area (Å²) >= 11 is 5.78. The lowest BCUT2D eigenvalue weighted by Gasteiger charge is -2.08. The number of rotatable bonds is 5. The number of phenolic OH excluding ortho intramolecular Hbond substituents is 1. The van der Waals surface area contributed by atoms with Crippen LogP contribution in [0, 0.1) is 6.92 Å². The monoisotopic (exact) mass is 333 g/mol. The largest absolute Gasteiger partial charge is 0.507 e. The Hall–Kier alpha value is -2.53. The van der Waals surface area contributed by atoms with Crippen LogP contribution < -0.4 is 5.32 Å². The maximum Gasteiger partial charge on any atom is 0.342 e. The molecule has 0 spiro atoms. The van der Waals surface area contributed by atoms with E-state index in [4.69, 9.17) is 16.3 Å². The summed E-state index contributed by atoms with van der Waals surface area (Å²) in [6.45, 7) is 1.68. The SMILES string of the molecule is Cc1ccc(O)c(C(=O)OCC(=O)NCc2ccc(Cl)cc2)c1. The second-order valence-corrected chi connectivity index (χ2v) is 5.44. The molecule has 0 aliphatic rings. The molecule has 0 radical (unpaired) electrons. The van der Waals surface area contributed by atoms with Crippen LogP contribution in [0.15, 0.2) is 42.5 Å². The number of carbonyl (C=O) groups excluding carboxylic acids is 2. The molecule has 0 atom stereocenters. The van der Waals surface area contributed by atoms with Crippen molar-refractivity contribution in [1.29, 1.82) is 0 Å². The van der Waals surface area contributed by atoms with Crippen molar-refractivity contribution < 1.29 is 19.4 Å². The molecule has 2 rings (SSSR count). The third-order valence-corrected chi connectivity index (χ3v) is 3.36. The van der Waals surface area contributed by atoms with Crippen molar-refractivity contribution >= 4 is 23.5 Å². The molecule has 6 heteroatoms. The number of esters is 1. The minimum absolute atomic E-state index is 0.0375. The molecule has 0 aromatic heterocycles. The molecular weight excluding hydrogens is 318 g/mol. The predicted molar refractivity (Wildman–Crippen MR) is 86.4 cm³/mol. The van der Waals surface area contributed by atoms with Gasteiger partial charge in [-0.05, 0) is 36.8 Å². The zero-order valence-corrected chi connectivity index (χ0v) is 13.3. The second-order valence-electron chi connectivity index (χ2n) is 5.00. The fraction of sp³-hybridized carbons (Fsp3) is 0.176. The highest BCUT2D eigenvalue weighted by Gasteiger charge is 2.14. The number of halogens is 1. The number of hydrogen-bond donors (Lipinski definition) is 2. The number of aromatic hydroxyl groups is 1. The number of benzene rings is 2. The van der Waals surface area contributed by atoms with Gasteiger partial charge in [0.25, 0.3) is 5.91 Å². The van der Waals surface area contributed by atoms with Crippen molar-refractivity contribution in [2.24, 2.45) is 0 Å². The van der Waals surface area contributed by atoms with Crippen LogP contribution >= 0.6 is 11.6 Å². The molecule has 0 heterocycles. The highest BCUT2D eigenvalue weighted by molar-refractivity contribution is 6.30. The van der Waals surface area contributed by atoms with E-state index < -0.39 is 18.5 Å². The van der Waals surface area contributed by atoms with E-state index >= 15 is 0 Å². The summed E-state index contributed by atoms with van der Waals surface area (Å²) in [6, 6.07) is 11.6. The number of hydrogen-bond acceptors (Lipinski definition) is 4. The van der Waals surface area contributed by atoms with Gasteiger partial charge in [0.1, 0.15) is 11.3 Å². The predicted octanol–water partition coefficient (Wildman–Crippen LogP) is 2.83. The average Bonchev–Trinajstić information content (AvgIpc) is 2.54. The molecule has 5 nitrogen and oxygen atoms in total. The maximum absolute atomic E-state index is 11.9. The molecule has 0 aliphatic carbocycles. The van der Waals surface area contributed by atoms with Crippen LogP contribution in [0.3, 0.4) is 0 Å². The molecule has 2 aromatic rings. The Morgan fingerprint density at radius 2 is 1.87 bits per heavy atom. The van der Waals surface area contributed by atoms with Crippen molar-refractivity contribution in [3.05, 3.63) is 64.2 Å². The fourth-order valence-corrected chi connectivity index (χ4v) is 2.00. The van der Waals surface area contributed by atoms with E-state index in [2.05, 4.69) is 5.32 Å². The van der Waals surface area contributed by atoms with Gasteiger partial charge in [-0.3, -0.25) is 4.79 Å². The number of ether oxygens (including phenoxy) is 1. The zero-order valence-electron chi connectivity index (χ0n) is 12.5. The zero-order chi connectivity index (χ0) is 16.8. The van der Waals surface area contributed by atoms with E-state index in [9.17, 15) is 14.7 Å². The number of amides is 1. The van der Waals surface area contributed by atoms with Crippen LogP contribution in [0.2, 0.25) is 5.02 Å². The molecule has 0 aliphatic heterocycles. The van der Waals surface area contributed by atoms with Crippen molar-refractivity contribution in [3.63, 3.8) is 0 Å². The minimum atomic E-state index is -0.743. The van der Waals surface area contributed by atoms with Gasteiger partial charge in [-0.15, -0.1) is 0 Å². The van der Waals surface area contributed by atoms with Gasteiger partial charge >= 0.3 is 5.97 Å². The molecule has 2 N–H and O–H groups in total. The number of aryl methyl sites for hydroxylation is 1. The molecule has 0 saturated carbocycles. The molecule has 0 fully saturated rings. The first-order valence-corrected chi connectivity index (χ1v) is 7.31. The van der Waals surface area contributed by atoms with Crippen LogP contribution in [0.25, 0.3) is 0 Å². The summed E-state index contributed by atoms with van der Waals surface area (Å²) in [4.78, 5) is 23.6. The van der Waals surface area contributed by atoms with E-state index in [1.165, 1.54) is 12.1 Å². The Morgan fingerprint density at radius 3 is 2.57 bits per heavy atom. The summed E-state index contributed by atoms with van der Waals surface area (Å²) in [5.41, 5.74) is 1.72. The first-order valence-electron chi connectivity index (χ1n) is 6.93. The summed E-state index contributed by atoms with van der Waals surface area (Å²) in [6.07, 6.45) is 0. The van der Waals surface area contributed by atoms with Crippen LogP contribution in [-0.2, 0) is 16.1 Å². The molecule has 23 heavy (non-hydrogen) atoms. The normalized spacial score (nSPS) is 10.2. The molecule has 0 bridgehead atoms. The average molecular weight is 334 g/mol. The number of carbonyl (C=O) groups is 2. The smallest absolute Gasteiger partial charge is 0.342 e. The molecular formula is C17H16ClNO4. The molecule has 2 aromatic carbocycles. The van der Waals surface area contributed by atoms with E-state index in [-0.39, 0.29) is 11.3 Å². The number of nitrogens with one attached hydrogen (secondary N) is 1. The van der Waals surface area contributed by atoms with Crippen LogP contribution in [0.1, 0.15) is 21.5 Å². The Bertz CT molecular complexity index is 713. The standard InChI is InChI=1S/C17H16ClNO4/c1-11-2-7-15(20)14(8-11)17(22)23-10-16(21)19-9-12-3-5-13(18)6-4-12/h2-8,20H,9-10H2,1H3,(H,19,21). The summed E-state index contributed by atoms with van der Waals surface area (Å²) in [7, 11) is 0. The third-order valence-electron chi connectivity index (χ3n) is 3.11. The van der Waals surface area contributed by atoms with Gasteiger partial charge in [0.15, 0.2) is 6.61 Å². The first kappa shape index (κ1) is 16.8. The quantitative estimate of drug-likeness (QED) is 0.825. The Labute approximate surface area is 138 Å². The lowest BCUT2D eigenvalue weighted by molar-refractivity contribution is -0.124. The topological polar surface area (TPSA) is 75.6 Å². The van der Waals surface area contributed by atoms with Crippen LogP contribution in [0.4, 0.5) is 0 Å². The molecule has 0 unspecified atom stereocenters. The first-order chi connectivity index (χ1) is 11.0. The fourth-order valence-electron chi connectivity index (χ4n) is 1.88. The van der Waals surface area contributed by atoms with Crippen LogP contribution in [0.5, 0.6) is 5.75 Å². The van der Waals surface area contributed by atoms with Crippen molar-refractivity contribution in [3.8, 4) is 5.75 Å². The summed E-state index contributed by atoms with van der Waals surface area (Å²) in [5, 5.41) is 12.9. The number of phenols is 1. The lowest BCUT2D eigenvalue weighted by Crippen LogP contribution is -2.28. The lowest BCUT2D eigenvalue weighted by atomic mass is 10.1. The van der Waals surface area contributed by atoms with E-state index in [1.807, 2.05) is 0 Å².